The van der Waals surface area contributed by atoms with Crippen molar-refractivity contribution in [1.82, 2.24) is 15.5 Å². The van der Waals surface area contributed by atoms with Crippen molar-refractivity contribution in [3.63, 3.8) is 0 Å². The van der Waals surface area contributed by atoms with E-state index in [1.165, 1.54) is 4.90 Å². The zero-order chi connectivity index (χ0) is 18.0. The molecule has 1 atom stereocenters. The Morgan fingerprint density at radius 2 is 2.12 bits per heavy atom. The Bertz CT molecular complexity index is 744. The fourth-order valence-corrected chi connectivity index (χ4v) is 3.42. The molecule has 0 saturated carbocycles. The molecule has 1 unspecified atom stereocenters. The van der Waals surface area contributed by atoms with Crippen molar-refractivity contribution in [2.45, 2.75) is 45.2 Å². The highest BCUT2D eigenvalue weighted by molar-refractivity contribution is 6.05. The monoisotopic (exact) mass is 343 g/mol. The van der Waals surface area contributed by atoms with Gasteiger partial charge in [-0.05, 0) is 37.0 Å². The van der Waals surface area contributed by atoms with Gasteiger partial charge in [-0.1, -0.05) is 12.1 Å². The third-order valence-corrected chi connectivity index (χ3v) is 4.67. The van der Waals surface area contributed by atoms with E-state index in [1.807, 2.05) is 13.0 Å². The van der Waals surface area contributed by atoms with Crippen LogP contribution in [0.2, 0.25) is 0 Å². The van der Waals surface area contributed by atoms with Gasteiger partial charge in [0.15, 0.2) is 0 Å². The number of hydrogen-bond acceptors (Lipinski definition) is 4. The predicted molar refractivity (Wildman–Crippen MR) is 89.5 cm³/mol. The van der Waals surface area contributed by atoms with Gasteiger partial charge >= 0.3 is 0 Å². The van der Waals surface area contributed by atoms with Gasteiger partial charge in [0.1, 0.15) is 6.04 Å². The van der Waals surface area contributed by atoms with Crippen molar-refractivity contribution < 1.29 is 19.2 Å². The lowest BCUT2D eigenvalue weighted by molar-refractivity contribution is -0.137. The van der Waals surface area contributed by atoms with E-state index >= 15 is 0 Å². The summed E-state index contributed by atoms with van der Waals surface area (Å²) in [6.07, 6.45) is 1.49. The van der Waals surface area contributed by atoms with E-state index in [0.29, 0.717) is 37.9 Å². The molecule has 0 spiro atoms. The second-order valence-electron chi connectivity index (χ2n) is 6.30. The van der Waals surface area contributed by atoms with Crippen LogP contribution in [0.15, 0.2) is 18.2 Å². The average Bonchev–Trinajstić information content (AvgIpc) is 2.91. The van der Waals surface area contributed by atoms with Crippen LogP contribution in [0.3, 0.4) is 0 Å². The zero-order valence-corrected chi connectivity index (χ0v) is 14.1. The molecule has 1 aromatic carbocycles. The number of amides is 4. The highest BCUT2D eigenvalue weighted by Crippen LogP contribution is 2.30. The number of aryl methyl sites for hydroxylation is 1. The summed E-state index contributed by atoms with van der Waals surface area (Å²) in [6.45, 7) is 2.80. The molecule has 132 valence electrons. The number of benzene rings is 1. The quantitative estimate of drug-likeness (QED) is 0.762. The molecule has 2 heterocycles. The molecular formula is C18H21N3O4. The first kappa shape index (κ1) is 17.1. The fraction of sp³-hybridized carbons (Fsp3) is 0.444. The van der Waals surface area contributed by atoms with E-state index in [4.69, 9.17) is 0 Å². The van der Waals surface area contributed by atoms with Crippen LogP contribution in [0.5, 0.6) is 0 Å². The minimum absolute atomic E-state index is 0.0218. The molecule has 0 radical (unpaired) electrons. The predicted octanol–water partition coefficient (Wildman–Crippen LogP) is 0.516. The molecule has 1 aromatic rings. The van der Waals surface area contributed by atoms with Crippen molar-refractivity contribution in [3.05, 3.63) is 34.9 Å². The van der Waals surface area contributed by atoms with Gasteiger partial charge in [0.25, 0.3) is 5.91 Å². The maximum atomic E-state index is 12.7. The lowest BCUT2D eigenvalue weighted by Crippen LogP contribution is -2.52. The number of carbonyl (C=O) groups is 4. The number of piperidine rings is 1. The molecule has 1 saturated heterocycles. The molecule has 2 aliphatic rings. The molecule has 0 aliphatic carbocycles. The number of imide groups is 1. The molecule has 0 bridgehead atoms. The lowest BCUT2D eigenvalue weighted by Gasteiger charge is -2.29. The van der Waals surface area contributed by atoms with Crippen LogP contribution in [0.1, 0.15) is 47.7 Å². The summed E-state index contributed by atoms with van der Waals surface area (Å²) in [5.74, 6) is -0.926. The second-order valence-corrected chi connectivity index (χ2v) is 6.30. The van der Waals surface area contributed by atoms with E-state index < -0.39 is 11.9 Å². The summed E-state index contributed by atoms with van der Waals surface area (Å²) < 4.78 is 0. The van der Waals surface area contributed by atoms with Gasteiger partial charge in [-0.25, -0.2) is 0 Å². The van der Waals surface area contributed by atoms with Crippen LogP contribution in [0.4, 0.5) is 0 Å². The average molecular weight is 343 g/mol. The summed E-state index contributed by atoms with van der Waals surface area (Å²) in [4.78, 5) is 49.3. The van der Waals surface area contributed by atoms with Crippen LogP contribution < -0.4 is 10.6 Å². The Kier molecular flexibility index (Phi) is 4.83. The van der Waals surface area contributed by atoms with Gasteiger partial charge in [0, 0.05) is 31.5 Å². The molecule has 7 heteroatoms. The zero-order valence-electron chi connectivity index (χ0n) is 14.1. The van der Waals surface area contributed by atoms with Crippen LogP contribution in [0, 0.1) is 0 Å². The van der Waals surface area contributed by atoms with Crippen LogP contribution in [-0.4, -0.2) is 41.1 Å². The lowest BCUT2D eigenvalue weighted by atomic mass is 9.99. The summed E-state index contributed by atoms with van der Waals surface area (Å²) in [7, 11) is 0. The maximum absolute atomic E-state index is 12.7. The summed E-state index contributed by atoms with van der Waals surface area (Å²) in [5.41, 5.74) is 2.41. The first-order valence-electron chi connectivity index (χ1n) is 8.53. The maximum Gasteiger partial charge on any atom is 0.255 e. The number of fused-ring (bicyclic) bond motifs is 1. The fourth-order valence-electron chi connectivity index (χ4n) is 3.42. The van der Waals surface area contributed by atoms with Crippen molar-refractivity contribution in [3.8, 4) is 0 Å². The first-order chi connectivity index (χ1) is 12.0. The number of nitrogens with zero attached hydrogens (tertiary/aromatic N) is 1. The Balaban J connectivity index is 1.77. The number of nitrogens with one attached hydrogen (secondary N) is 2. The molecule has 1 fully saturated rings. The Hall–Kier alpha value is -2.70. The highest BCUT2D eigenvalue weighted by atomic mass is 16.2. The van der Waals surface area contributed by atoms with Crippen LogP contribution >= 0.6 is 0 Å². The van der Waals surface area contributed by atoms with Crippen molar-refractivity contribution in [2.24, 2.45) is 0 Å². The van der Waals surface area contributed by atoms with Crippen molar-refractivity contribution in [1.29, 1.82) is 0 Å². The highest BCUT2D eigenvalue weighted by Gasteiger charge is 2.39. The standard InChI is InChI=1S/C18H21N3O4/c1-2-19-15(22)8-6-11-4-3-5-12-13(11)10-21(18(12)25)14-7-9-16(23)20-17(14)24/h3-5,14H,2,6-10H2,1H3,(H,19,22)(H,20,23,24). The van der Waals surface area contributed by atoms with Crippen molar-refractivity contribution in [2.75, 3.05) is 6.54 Å². The Morgan fingerprint density at radius 1 is 1.32 bits per heavy atom. The first-order valence-corrected chi connectivity index (χ1v) is 8.53. The molecule has 4 amide bonds. The molecule has 0 aromatic heterocycles. The smallest absolute Gasteiger partial charge is 0.255 e. The van der Waals surface area contributed by atoms with Gasteiger partial charge in [-0.3, -0.25) is 24.5 Å². The van der Waals surface area contributed by atoms with Gasteiger partial charge in [0.05, 0.1) is 0 Å². The van der Waals surface area contributed by atoms with E-state index in [0.717, 1.165) is 11.1 Å². The van der Waals surface area contributed by atoms with Gasteiger partial charge in [-0.2, -0.15) is 0 Å². The number of rotatable bonds is 5. The van der Waals surface area contributed by atoms with Gasteiger partial charge in [0.2, 0.25) is 17.7 Å². The van der Waals surface area contributed by atoms with E-state index in [2.05, 4.69) is 10.6 Å². The molecule has 7 nitrogen and oxygen atoms in total. The number of hydrogen-bond donors (Lipinski definition) is 2. The minimum Gasteiger partial charge on any atom is -0.356 e. The van der Waals surface area contributed by atoms with Gasteiger partial charge in [-0.15, -0.1) is 0 Å². The largest absolute Gasteiger partial charge is 0.356 e. The van der Waals surface area contributed by atoms with E-state index in [-0.39, 0.29) is 24.1 Å². The number of carbonyl (C=O) groups excluding carboxylic acids is 4. The minimum atomic E-state index is -0.617. The third-order valence-electron chi connectivity index (χ3n) is 4.67. The summed E-state index contributed by atoms with van der Waals surface area (Å²) in [6, 6.07) is 4.85. The topological polar surface area (TPSA) is 95.6 Å². The SMILES string of the molecule is CCNC(=O)CCc1cccc2c1CN(C1CCC(=O)NC1=O)C2=O. The Labute approximate surface area is 145 Å². The third kappa shape index (κ3) is 3.40. The molecule has 25 heavy (non-hydrogen) atoms. The molecule has 3 rings (SSSR count). The van der Waals surface area contributed by atoms with E-state index in [9.17, 15) is 19.2 Å². The van der Waals surface area contributed by atoms with Crippen LogP contribution in [-0.2, 0) is 27.3 Å². The molecule has 2 N–H and O–H groups in total. The second kappa shape index (κ2) is 7.04. The van der Waals surface area contributed by atoms with E-state index in [1.54, 1.807) is 12.1 Å². The Morgan fingerprint density at radius 3 is 2.84 bits per heavy atom. The molecular weight excluding hydrogens is 322 g/mol. The van der Waals surface area contributed by atoms with Crippen LogP contribution in [0.25, 0.3) is 0 Å². The van der Waals surface area contributed by atoms with Gasteiger partial charge < -0.3 is 10.2 Å². The normalized spacial score (nSPS) is 19.6. The molecule has 2 aliphatic heterocycles. The summed E-state index contributed by atoms with van der Waals surface area (Å²) >= 11 is 0. The van der Waals surface area contributed by atoms with Crippen molar-refractivity contribution >= 4 is 23.6 Å². The summed E-state index contributed by atoms with van der Waals surface area (Å²) in [5, 5.41) is 5.06.